The molecule has 0 aliphatic carbocycles. The van der Waals surface area contributed by atoms with Gasteiger partial charge in [0, 0.05) is 41.6 Å². The highest BCUT2D eigenvalue weighted by atomic mass is 28.4. The summed E-state index contributed by atoms with van der Waals surface area (Å²) in [4.78, 5) is 2.32. The van der Waals surface area contributed by atoms with Crippen LogP contribution in [0.25, 0.3) is 0 Å². The van der Waals surface area contributed by atoms with Crippen LogP contribution in [0.15, 0.2) is 0 Å². The summed E-state index contributed by atoms with van der Waals surface area (Å²) in [5, 5.41) is 0. The molecule has 0 fully saturated rings. The van der Waals surface area contributed by atoms with Crippen molar-refractivity contribution in [3.63, 3.8) is 0 Å². The number of hydrogen-bond acceptors (Lipinski definition) is 6. The van der Waals surface area contributed by atoms with Crippen LogP contribution >= 0.6 is 0 Å². The Morgan fingerprint density at radius 2 is 1.35 bits per heavy atom. The van der Waals surface area contributed by atoms with Gasteiger partial charge in [0.05, 0.1) is 0 Å². The van der Waals surface area contributed by atoms with E-state index in [0.29, 0.717) is 0 Å². The molecule has 0 spiro atoms. The van der Waals surface area contributed by atoms with Crippen LogP contribution in [0.1, 0.15) is 12.8 Å². The Morgan fingerprint density at radius 1 is 0.850 bits per heavy atom. The van der Waals surface area contributed by atoms with E-state index >= 15 is 0 Å². The van der Waals surface area contributed by atoms with Crippen molar-refractivity contribution in [3.8, 4) is 0 Å². The van der Waals surface area contributed by atoms with Crippen molar-refractivity contribution in [3.05, 3.63) is 0 Å². The van der Waals surface area contributed by atoms with E-state index in [4.69, 9.17) is 22.1 Å². The van der Waals surface area contributed by atoms with Crippen LogP contribution in [0.2, 0.25) is 12.1 Å². The Kier molecular flexibility index (Phi) is 11.9. The SMILES string of the molecule is CO[SiH](CCCN(C)CCC[Si](OC)(OC)OC)OC. The molecule has 20 heavy (non-hydrogen) atoms. The summed E-state index contributed by atoms with van der Waals surface area (Å²) in [5.41, 5.74) is 0. The molecule has 0 aromatic rings. The standard InChI is InChI=1S/C12H31NO5Si2/c1-13(9-7-11-19(14-2)15-3)10-8-12-20(16-4,17-5)18-6/h19H,7-12H2,1-6H3. The highest BCUT2D eigenvalue weighted by Gasteiger charge is 2.36. The molecular weight excluding hydrogens is 294 g/mol. The molecule has 0 radical (unpaired) electrons. The zero-order valence-corrected chi connectivity index (χ0v) is 16.0. The predicted molar refractivity (Wildman–Crippen MR) is 84.3 cm³/mol. The summed E-state index contributed by atoms with van der Waals surface area (Å²) < 4.78 is 26.8. The number of rotatable bonds is 13. The molecule has 0 rings (SSSR count). The van der Waals surface area contributed by atoms with E-state index in [2.05, 4.69) is 11.9 Å². The van der Waals surface area contributed by atoms with Gasteiger partial charge in [-0.2, -0.15) is 0 Å². The topological polar surface area (TPSA) is 49.4 Å². The fraction of sp³-hybridized carbons (Fsp3) is 1.00. The van der Waals surface area contributed by atoms with Gasteiger partial charge in [-0.3, -0.25) is 0 Å². The van der Waals surface area contributed by atoms with Crippen LogP contribution in [-0.4, -0.2) is 78.7 Å². The van der Waals surface area contributed by atoms with Gasteiger partial charge in [-0.25, -0.2) is 0 Å². The van der Waals surface area contributed by atoms with Crippen molar-refractivity contribution in [2.45, 2.75) is 24.9 Å². The van der Waals surface area contributed by atoms with Crippen LogP contribution in [0.4, 0.5) is 0 Å². The molecule has 0 unspecified atom stereocenters. The lowest BCUT2D eigenvalue weighted by molar-refractivity contribution is 0.122. The Balaban J connectivity index is 3.80. The Morgan fingerprint density at radius 3 is 1.80 bits per heavy atom. The van der Waals surface area contributed by atoms with E-state index in [1.54, 1.807) is 35.5 Å². The van der Waals surface area contributed by atoms with E-state index in [-0.39, 0.29) is 0 Å². The van der Waals surface area contributed by atoms with Gasteiger partial charge in [0.1, 0.15) is 0 Å². The van der Waals surface area contributed by atoms with Gasteiger partial charge in [-0.05, 0) is 39.0 Å². The maximum Gasteiger partial charge on any atom is 0.500 e. The molecule has 122 valence electrons. The van der Waals surface area contributed by atoms with Crippen molar-refractivity contribution < 1.29 is 22.1 Å². The van der Waals surface area contributed by atoms with Crippen LogP contribution in [0, 0.1) is 0 Å². The lowest BCUT2D eigenvalue weighted by Crippen LogP contribution is -2.43. The summed E-state index contributed by atoms with van der Waals surface area (Å²) >= 11 is 0. The van der Waals surface area contributed by atoms with Crippen LogP contribution in [-0.2, 0) is 22.1 Å². The maximum absolute atomic E-state index is 5.41. The zero-order chi connectivity index (χ0) is 15.4. The van der Waals surface area contributed by atoms with Gasteiger partial charge in [0.25, 0.3) is 0 Å². The molecule has 6 nitrogen and oxygen atoms in total. The van der Waals surface area contributed by atoms with E-state index in [9.17, 15) is 0 Å². The fourth-order valence-electron chi connectivity index (χ4n) is 2.09. The predicted octanol–water partition coefficient (Wildman–Crippen LogP) is 1.09. The Labute approximate surface area is 126 Å². The minimum absolute atomic E-state index is 0.842. The molecule has 0 aromatic heterocycles. The first-order chi connectivity index (χ1) is 9.57. The monoisotopic (exact) mass is 325 g/mol. The Bertz CT molecular complexity index is 220. The summed E-state index contributed by atoms with van der Waals surface area (Å²) in [6.07, 6.45) is 2.12. The minimum Gasteiger partial charge on any atom is -0.400 e. The molecule has 0 N–H and O–H groups in total. The first kappa shape index (κ1) is 20.2. The van der Waals surface area contributed by atoms with Gasteiger partial charge in [0.15, 0.2) is 0 Å². The van der Waals surface area contributed by atoms with Gasteiger partial charge in [-0.15, -0.1) is 0 Å². The Hall–Kier alpha value is 0.194. The molecule has 0 amide bonds. The van der Waals surface area contributed by atoms with Gasteiger partial charge >= 0.3 is 18.1 Å². The second-order valence-electron chi connectivity index (χ2n) is 4.75. The van der Waals surface area contributed by atoms with Crippen molar-refractivity contribution in [2.75, 3.05) is 55.7 Å². The summed E-state index contributed by atoms with van der Waals surface area (Å²) in [6.45, 7) is 2.06. The van der Waals surface area contributed by atoms with E-state index in [1.807, 2.05) is 0 Å². The molecule has 0 aliphatic rings. The first-order valence-electron chi connectivity index (χ1n) is 6.97. The molecule has 0 saturated heterocycles. The smallest absolute Gasteiger partial charge is 0.400 e. The third kappa shape index (κ3) is 7.84. The van der Waals surface area contributed by atoms with E-state index < -0.39 is 18.1 Å². The lowest BCUT2D eigenvalue weighted by atomic mass is 10.4. The zero-order valence-electron chi connectivity index (χ0n) is 13.8. The third-order valence-corrected chi connectivity index (χ3v) is 8.22. The molecule has 0 atom stereocenters. The highest BCUT2D eigenvalue weighted by Crippen LogP contribution is 2.15. The van der Waals surface area contributed by atoms with Crippen LogP contribution in [0.3, 0.4) is 0 Å². The molecular formula is C12H31NO5Si2. The second kappa shape index (κ2) is 11.8. The number of nitrogens with zero attached hydrogens (tertiary/aromatic N) is 1. The van der Waals surface area contributed by atoms with Crippen molar-refractivity contribution >= 4 is 18.1 Å². The summed E-state index contributed by atoms with van der Waals surface area (Å²) in [6, 6.07) is 1.89. The molecule has 8 heteroatoms. The first-order valence-corrected chi connectivity index (χ1v) is 10.7. The largest absolute Gasteiger partial charge is 0.500 e. The summed E-state index contributed by atoms with van der Waals surface area (Å²) in [5.74, 6) is 0. The maximum atomic E-state index is 5.41. The van der Waals surface area contributed by atoms with Crippen molar-refractivity contribution in [2.24, 2.45) is 0 Å². The highest BCUT2D eigenvalue weighted by molar-refractivity contribution is 6.60. The van der Waals surface area contributed by atoms with Crippen LogP contribution < -0.4 is 0 Å². The lowest BCUT2D eigenvalue weighted by Gasteiger charge is -2.25. The molecule has 0 saturated carbocycles. The van der Waals surface area contributed by atoms with Crippen molar-refractivity contribution in [1.82, 2.24) is 4.90 Å². The molecule has 0 bridgehead atoms. The van der Waals surface area contributed by atoms with Gasteiger partial charge < -0.3 is 27.0 Å². The number of hydrogen-bond donors (Lipinski definition) is 0. The quantitative estimate of drug-likeness (QED) is 0.473. The van der Waals surface area contributed by atoms with Crippen molar-refractivity contribution in [1.29, 1.82) is 0 Å². The normalized spacial score (nSPS) is 12.6. The molecule has 0 heterocycles. The van der Waals surface area contributed by atoms with Gasteiger partial charge in [0.2, 0.25) is 0 Å². The molecule has 0 aromatic carbocycles. The average Bonchev–Trinajstić information content (AvgIpc) is 2.48. The third-order valence-electron chi connectivity index (χ3n) is 3.46. The van der Waals surface area contributed by atoms with E-state index in [0.717, 1.165) is 38.0 Å². The molecule has 0 aliphatic heterocycles. The van der Waals surface area contributed by atoms with E-state index in [1.165, 1.54) is 0 Å². The summed E-state index contributed by atoms with van der Waals surface area (Å²) in [7, 11) is 6.75. The van der Waals surface area contributed by atoms with Gasteiger partial charge in [-0.1, -0.05) is 0 Å². The minimum atomic E-state index is -2.40. The fourth-order valence-corrected chi connectivity index (χ4v) is 4.98. The average molecular weight is 326 g/mol. The second-order valence-corrected chi connectivity index (χ2v) is 10.2. The van der Waals surface area contributed by atoms with Crippen LogP contribution in [0.5, 0.6) is 0 Å².